The molecule has 0 N–H and O–H groups in total. The van der Waals surface area contributed by atoms with E-state index in [1.54, 1.807) is 6.92 Å². The highest BCUT2D eigenvalue weighted by Gasteiger charge is 2.40. The van der Waals surface area contributed by atoms with Crippen LogP contribution in [0.3, 0.4) is 0 Å². The van der Waals surface area contributed by atoms with Crippen LogP contribution in [0.15, 0.2) is 0 Å². The molecule has 0 heterocycles. The van der Waals surface area contributed by atoms with Crippen molar-refractivity contribution < 1.29 is 4.39 Å². The molecule has 0 radical (unpaired) electrons. The van der Waals surface area contributed by atoms with Crippen LogP contribution in [-0.2, 0) is 0 Å². The summed E-state index contributed by atoms with van der Waals surface area (Å²) >= 11 is 3.14. The summed E-state index contributed by atoms with van der Waals surface area (Å²) < 4.78 is 13.0. The van der Waals surface area contributed by atoms with Crippen LogP contribution in [0.4, 0.5) is 4.39 Å². The first-order valence-electron chi connectivity index (χ1n) is 2.91. The van der Waals surface area contributed by atoms with Gasteiger partial charge < -0.3 is 0 Å². The Labute approximate surface area is 57.6 Å². The number of halogens is 2. The largest absolute Gasteiger partial charge is 0.243 e. The van der Waals surface area contributed by atoms with Gasteiger partial charge in [-0.3, -0.25) is 0 Å². The molecule has 0 spiro atoms. The number of alkyl halides is 2. The number of hydrogen-bond donors (Lipinski definition) is 0. The Hall–Kier alpha value is 0.410. The molecule has 1 saturated carbocycles. The van der Waals surface area contributed by atoms with Crippen molar-refractivity contribution in [3.63, 3.8) is 0 Å². The molecule has 1 fully saturated rings. The van der Waals surface area contributed by atoms with Crippen LogP contribution in [0.5, 0.6) is 0 Å². The first-order chi connectivity index (χ1) is 3.67. The fourth-order valence-electron chi connectivity index (χ4n) is 0.794. The third kappa shape index (κ3) is 1.22. The Morgan fingerprint density at radius 2 is 2.25 bits per heavy atom. The van der Waals surface area contributed by atoms with Crippen LogP contribution in [0, 0.1) is 5.92 Å². The molecule has 8 heavy (non-hydrogen) atoms. The smallest absolute Gasteiger partial charge is 0.120 e. The number of hydrogen-bond acceptors (Lipinski definition) is 0. The Bertz CT molecular complexity index is 86.5. The van der Waals surface area contributed by atoms with E-state index in [0.29, 0.717) is 11.2 Å². The van der Waals surface area contributed by atoms with E-state index in [9.17, 15) is 4.39 Å². The summed E-state index contributed by atoms with van der Waals surface area (Å²) in [6.45, 7) is 1.67. The maximum Gasteiger partial charge on any atom is 0.120 e. The van der Waals surface area contributed by atoms with Crippen LogP contribution in [-0.4, -0.2) is 11.0 Å². The van der Waals surface area contributed by atoms with Crippen LogP contribution < -0.4 is 0 Å². The standard InChI is InChI=1S/C6H10BrF/c1-6(8,4-7)5-2-3-5/h5H,2-4H2,1H3. The molecule has 0 aromatic carbocycles. The molecular formula is C6H10BrF. The fourth-order valence-corrected chi connectivity index (χ4v) is 1.25. The summed E-state index contributed by atoms with van der Waals surface area (Å²) in [7, 11) is 0. The average molecular weight is 181 g/mol. The van der Waals surface area contributed by atoms with E-state index >= 15 is 0 Å². The predicted molar refractivity (Wildman–Crippen MR) is 36.0 cm³/mol. The molecule has 0 aromatic heterocycles. The quantitative estimate of drug-likeness (QED) is 0.574. The Kier molecular flexibility index (Phi) is 1.61. The third-order valence-corrected chi connectivity index (χ3v) is 2.79. The second-order valence-corrected chi connectivity index (χ2v) is 3.25. The lowest BCUT2D eigenvalue weighted by atomic mass is 10.1. The van der Waals surface area contributed by atoms with Crippen molar-refractivity contribution >= 4 is 15.9 Å². The van der Waals surface area contributed by atoms with Gasteiger partial charge in [0.05, 0.1) is 0 Å². The molecule has 0 nitrogen and oxygen atoms in total. The van der Waals surface area contributed by atoms with Gasteiger partial charge >= 0.3 is 0 Å². The molecule has 1 unspecified atom stereocenters. The van der Waals surface area contributed by atoms with Gasteiger partial charge in [-0.25, -0.2) is 4.39 Å². The number of rotatable bonds is 2. The molecule has 1 rings (SSSR count). The summed E-state index contributed by atoms with van der Waals surface area (Å²) in [5, 5.41) is 0.491. The average Bonchev–Trinajstić information content (AvgIpc) is 2.44. The maximum atomic E-state index is 13.0. The van der Waals surface area contributed by atoms with Crippen molar-refractivity contribution in [2.75, 3.05) is 5.33 Å². The molecule has 1 aliphatic carbocycles. The first kappa shape index (κ1) is 6.53. The summed E-state index contributed by atoms with van der Waals surface area (Å²) in [5.41, 5.74) is -0.931. The predicted octanol–water partition coefficient (Wildman–Crippen LogP) is 2.52. The second-order valence-electron chi connectivity index (χ2n) is 2.69. The highest BCUT2D eigenvalue weighted by Crippen LogP contribution is 2.42. The van der Waals surface area contributed by atoms with Gasteiger partial charge in [0.25, 0.3) is 0 Å². The first-order valence-corrected chi connectivity index (χ1v) is 4.04. The van der Waals surface area contributed by atoms with E-state index in [2.05, 4.69) is 15.9 Å². The van der Waals surface area contributed by atoms with Crippen LogP contribution in [0.25, 0.3) is 0 Å². The zero-order valence-corrected chi connectivity index (χ0v) is 6.54. The highest BCUT2D eigenvalue weighted by atomic mass is 79.9. The molecule has 0 saturated heterocycles. The van der Waals surface area contributed by atoms with Gasteiger partial charge in [-0.05, 0) is 25.7 Å². The van der Waals surface area contributed by atoms with Gasteiger partial charge in [0.2, 0.25) is 0 Å². The summed E-state index contributed by atoms with van der Waals surface area (Å²) in [4.78, 5) is 0. The van der Waals surface area contributed by atoms with Crippen LogP contribution >= 0.6 is 15.9 Å². The van der Waals surface area contributed by atoms with Crippen molar-refractivity contribution in [2.45, 2.75) is 25.4 Å². The van der Waals surface area contributed by atoms with Gasteiger partial charge in [0, 0.05) is 5.33 Å². The minimum atomic E-state index is -0.931. The Morgan fingerprint density at radius 3 is 2.38 bits per heavy atom. The lowest BCUT2D eigenvalue weighted by Crippen LogP contribution is -2.22. The van der Waals surface area contributed by atoms with Crippen molar-refractivity contribution in [3.05, 3.63) is 0 Å². The van der Waals surface area contributed by atoms with Gasteiger partial charge in [0.1, 0.15) is 5.67 Å². The lowest BCUT2D eigenvalue weighted by Gasteiger charge is -2.14. The van der Waals surface area contributed by atoms with Crippen LogP contribution in [0.2, 0.25) is 0 Å². The van der Waals surface area contributed by atoms with E-state index in [0.717, 1.165) is 12.8 Å². The van der Waals surface area contributed by atoms with E-state index in [4.69, 9.17) is 0 Å². The monoisotopic (exact) mass is 180 g/mol. The van der Waals surface area contributed by atoms with E-state index in [1.807, 2.05) is 0 Å². The SMILES string of the molecule is CC(F)(CBr)C1CC1. The van der Waals surface area contributed by atoms with E-state index in [-0.39, 0.29) is 0 Å². The van der Waals surface area contributed by atoms with Gasteiger partial charge in [0.15, 0.2) is 0 Å². The zero-order chi connectivity index (χ0) is 6.20. The second kappa shape index (κ2) is 1.98. The van der Waals surface area contributed by atoms with Crippen molar-refractivity contribution in [3.8, 4) is 0 Å². The molecule has 0 amide bonds. The molecular weight excluding hydrogens is 171 g/mol. The highest BCUT2D eigenvalue weighted by molar-refractivity contribution is 9.09. The van der Waals surface area contributed by atoms with Crippen molar-refractivity contribution in [2.24, 2.45) is 5.92 Å². The van der Waals surface area contributed by atoms with E-state index < -0.39 is 5.67 Å². The van der Waals surface area contributed by atoms with Crippen molar-refractivity contribution in [1.29, 1.82) is 0 Å². The molecule has 2 heteroatoms. The van der Waals surface area contributed by atoms with Gasteiger partial charge in [-0.2, -0.15) is 0 Å². The minimum absolute atomic E-state index is 0.349. The topological polar surface area (TPSA) is 0 Å². The lowest BCUT2D eigenvalue weighted by molar-refractivity contribution is 0.192. The van der Waals surface area contributed by atoms with Gasteiger partial charge in [-0.15, -0.1) is 0 Å². The normalized spacial score (nSPS) is 27.4. The molecule has 48 valence electrons. The summed E-state index contributed by atoms with van der Waals surface area (Å²) in [6.07, 6.45) is 2.16. The molecule has 1 aliphatic rings. The molecule has 1 atom stereocenters. The summed E-state index contributed by atoms with van der Waals surface area (Å²) in [6, 6.07) is 0. The third-order valence-electron chi connectivity index (χ3n) is 1.69. The van der Waals surface area contributed by atoms with E-state index in [1.165, 1.54) is 0 Å². The minimum Gasteiger partial charge on any atom is -0.243 e. The molecule has 0 bridgehead atoms. The van der Waals surface area contributed by atoms with Crippen molar-refractivity contribution in [1.82, 2.24) is 0 Å². The molecule has 0 aromatic rings. The molecule has 0 aliphatic heterocycles. The fraction of sp³-hybridized carbons (Fsp3) is 1.00. The van der Waals surface area contributed by atoms with Gasteiger partial charge in [-0.1, -0.05) is 15.9 Å². The Balaban J connectivity index is 2.37. The zero-order valence-electron chi connectivity index (χ0n) is 4.95. The maximum absolute atomic E-state index is 13.0. The van der Waals surface area contributed by atoms with Crippen LogP contribution in [0.1, 0.15) is 19.8 Å². The summed E-state index contributed by atoms with van der Waals surface area (Å²) in [5.74, 6) is 0.349. The Morgan fingerprint density at radius 1 is 1.75 bits per heavy atom.